The predicted molar refractivity (Wildman–Crippen MR) is 103 cm³/mol. The van der Waals surface area contributed by atoms with Crippen LogP contribution in [0.4, 0.5) is 5.82 Å². The minimum absolute atomic E-state index is 0.0300. The molecule has 1 atom stereocenters. The van der Waals surface area contributed by atoms with Crippen molar-refractivity contribution in [3.63, 3.8) is 0 Å². The van der Waals surface area contributed by atoms with Crippen LogP contribution < -0.4 is 10.6 Å². The fourth-order valence-corrected chi connectivity index (χ4v) is 3.40. The fraction of sp³-hybridized carbons (Fsp3) is 0.421. The lowest BCUT2D eigenvalue weighted by molar-refractivity contribution is 0.497. The van der Waals surface area contributed by atoms with Gasteiger partial charge in [-0.25, -0.2) is 15.0 Å². The van der Waals surface area contributed by atoms with Crippen LogP contribution in [0.1, 0.15) is 43.4 Å². The number of hydrogen-bond donors (Lipinski definition) is 2. The standard InChI is InChI=1S/C19H24N8/c1-12(2)8-15(19-22-11-23-27(19)3)24-18-14-9-21-10-16(14)25-17(26-18)13-4-6-20-7-5-13/h4-7,11-12,15,21H,8-10H2,1-3H3,(H,24,25,26)/t15-/m1/s1. The van der Waals surface area contributed by atoms with Gasteiger partial charge in [0.05, 0.1) is 11.7 Å². The molecule has 2 N–H and O–H groups in total. The third-order valence-electron chi connectivity index (χ3n) is 4.70. The molecule has 0 bridgehead atoms. The summed E-state index contributed by atoms with van der Waals surface area (Å²) in [6.07, 6.45) is 6.05. The molecule has 0 aliphatic carbocycles. The van der Waals surface area contributed by atoms with Crippen LogP contribution in [0, 0.1) is 5.92 Å². The first kappa shape index (κ1) is 17.5. The summed E-state index contributed by atoms with van der Waals surface area (Å²) in [5.74, 6) is 2.99. The number of pyridine rings is 1. The maximum absolute atomic E-state index is 4.85. The van der Waals surface area contributed by atoms with Crippen LogP contribution >= 0.6 is 0 Å². The van der Waals surface area contributed by atoms with Crippen molar-refractivity contribution in [3.05, 3.63) is 47.9 Å². The van der Waals surface area contributed by atoms with Gasteiger partial charge in [-0.3, -0.25) is 9.67 Å². The lowest BCUT2D eigenvalue weighted by atomic mass is 10.0. The van der Waals surface area contributed by atoms with Gasteiger partial charge >= 0.3 is 0 Å². The summed E-state index contributed by atoms with van der Waals surface area (Å²) < 4.78 is 1.82. The summed E-state index contributed by atoms with van der Waals surface area (Å²) in [7, 11) is 1.92. The molecule has 0 aromatic carbocycles. The van der Waals surface area contributed by atoms with E-state index in [0.717, 1.165) is 48.0 Å². The Balaban J connectivity index is 1.73. The van der Waals surface area contributed by atoms with E-state index in [2.05, 4.69) is 39.5 Å². The van der Waals surface area contributed by atoms with E-state index >= 15 is 0 Å². The van der Waals surface area contributed by atoms with Crippen molar-refractivity contribution >= 4 is 5.82 Å². The van der Waals surface area contributed by atoms with E-state index in [0.29, 0.717) is 11.7 Å². The molecule has 0 amide bonds. The number of nitrogens with one attached hydrogen (secondary N) is 2. The van der Waals surface area contributed by atoms with Gasteiger partial charge in [0.25, 0.3) is 0 Å². The highest BCUT2D eigenvalue weighted by Crippen LogP contribution is 2.30. The van der Waals surface area contributed by atoms with Crippen molar-refractivity contribution in [2.45, 2.75) is 39.4 Å². The van der Waals surface area contributed by atoms with Crippen LogP contribution in [0.15, 0.2) is 30.9 Å². The van der Waals surface area contributed by atoms with Crippen LogP contribution in [0.2, 0.25) is 0 Å². The monoisotopic (exact) mass is 364 g/mol. The molecule has 3 aromatic rings. The third-order valence-corrected chi connectivity index (χ3v) is 4.70. The molecule has 1 aliphatic rings. The Morgan fingerprint density at radius 2 is 2.00 bits per heavy atom. The van der Waals surface area contributed by atoms with Gasteiger partial charge in [0.1, 0.15) is 18.0 Å². The number of rotatable bonds is 6. The number of hydrogen-bond acceptors (Lipinski definition) is 7. The minimum atomic E-state index is 0.0300. The number of aryl methyl sites for hydroxylation is 1. The smallest absolute Gasteiger partial charge is 0.161 e. The normalized spacial score (nSPS) is 14.4. The zero-order chi connectivity index (χ0) is 18.8. The van der Waals surface area contributed by atoms with E-state index in [4.69, 9.17) is 9.97 Å². The molecule has 0 unspecified atom stereocenters. The fourth-order valence-electron chi connectivity index (χ4n) is 3.40. The maximum atomic E-state index is 4.85. The van der Waals surface area contributed by atoms with E-state index in [1.807, 2.05) is 23.9 Å². The van der Waals surface area contributed by atoms with Crippen LogP contribution in [0.3, 0.4) is 0 Å². The summed E-state index contributed by atoms with van der Waals surface area (Å²) in [4.78, 5) is 18.2. The van der Waals surface area contributed by atoms with Crippen molar-refractivity contribution in [3.8, 4) is 11.4 Å². The van der Waals surface area contributed by atoms with E-state index in [1.165, 1.54) is 0 Å². The van der Waals surface area contributed by atoms with Gasteiger partial charge in [-0.15, -0.1) is 0 Å². The van der Waals surface area contributed by atoms with Gasteiger partial charge in [-0.2, -0.15) is 5.10 Å². The molecule has 0 saturated carbocycles. The average molecular weight is 364 g/mol. The topological polar surface area (TPSA) is 93.4 Å². The quantitative estimate of drug-likeness (QED) is 0.694. The summed E-state index contributed by atoms with van der Waals surface area (Å²) in [5.41, 5.74) is 3.13. The Morgan fingerprint density at radius 3 is 2.70 bits per heavy atom. The van der Waals surface area contributed by atoms with Crippen molar-refractivity contribution in [2.24, 2.45) is 13.0 Å². The number of nitrogens with zero attached hydrogens (tertiary/aromatic N) is 6. The highest BCUT2D eigenvalue weighted by atomic mass is 15.3. The predicted octanol–water partition coefficient (Wildman–Crippen LogP) is 2.47. The molecule has 1 aliphatic heterocycles. The molecular formula is C19H24N8. The van der Waals surface area contributed by atoms with Crippen LogP contribution in [-0.4, -0.2) is 29.7 Å². The number of fused-ring (bicyclic) bond motifs is 1. The van der Waals surface area contributed by atoms with Gasteiger partial charge in [0.15, 0.2) is 5.82 Å². The van der Waals surface area contributed by atoms with Crippen molar-refractivity contribution in [2.75, 3.05) is 5.32 Å². The molecule has 27 heavy (non-hydrogen) atoms. The highest BCUT2D eigenvalue weighted by Gasteiger charge is 2.24. The first-order chi connectivity index (χ1) is 13.1. The second kappa shape index (κ2) is 7.40. The average Bonchev–Trinajstić information content (AvgIpc) is 3.30. The summed E-state index contributed by atoms with van der Waals surface area (Å²) in [6, 6.07) is 3.90. The molecule has 4 rings (SSSR count). The lowest BCUT2D eigenvalue weighted by Gasteiger charge is -2.22. The van der Waals surface area contributed by atoms with E-state index in [9.17, 15) is 0 Å². The summed E-state index contributed by atoms with van der Waals surface area (Å²) in [6.45, 7) is 5.93. The Labute approximate surface area is 158 Å². The highest BCUT2D eigenvalue weighted by molar-refractivity contribution is 5.60. The molecular weight excluding hydrogens is 340 g/mol. The summed E-state index contributed by atoms with van der Waals surface area (Å²) in [5, 5.41) is 11.3. The molecule has 140 valence electrons. The molecule has 8 nitrogen and oxygen atoms in total. The first-order valence-electron chi connectivity index (χ1n) is 9.23. The Hall–Kier alpha value is -2.87. The first-order valence-corrected chi connectivity index (χ1v) is 9.23. The van der Waals surface area contributed by atoms with Gasteiger partial charge in [0, 0.05) is 43.7 Å². The van der Waals surface area contributed by atoms with Crippen LogP contribution in [0.5, 0.6) is 0 Å². The molecule has 0 radical (unpaired) electrons. The van der Waals surface area contributed by atoms with Crippen molar-refractivity contribution in [1.82, 2.24) is 35.0 Å². The zero-order valence-corrected chi connectivity index (χ0v) is 15.8. The Morgan fingerprint density at radius 1 is 1.19 bits per heavy atom. The molecule has 8 heteroatoms. The Bertz CT molecular complexity index is 919. The van der Waals surface area contributed by atoms with Gasteiger partial charge in [-0.05, 0) is 24.5 Å². The van der Waals surface area contributed by atoms with Gasteiger partial charge < -0.3 is 10.6 Å². The van der Waals surface area contributed by atoms with E-state index < -0.39 is 0 Å². The van der Waals surface area contributed by atoms with E-state index in [-0.39, 0.29) is 6.04 Å². The largest absolute Gasteiger partial charge is 0.360 e. The zero-order valence-electron chi connectivity index (χ0n) is 15.8. The third kappa shape index (κ3) is 3.66. The molecule has 0 saturated heterocycles. The minimum Gasteiger partial charge on any atom is -0.360 e. The number of aromatic nitrogens is 6. The SMILES string of the molecule is CC(C)C[C@@H](Nc1nc(-c2ccncc2)nc2c1CNC2)c1ncnn1C. The molecule has 0 spiro atoms. The Kier molecular flexibility index (Phi) is 4.81. The van der Waals surface area contributed by atoms with Crippen molar-refractivity contribution < 1.29 is 0 Å². The second-order valence-corrected chi connectivity index (χ2v) is 7.23. The molecule has 3 aromatic heterocycles. The second-order valence-electron chi connectivity index (χ2n) is 7.23. The van der Waals surface area contributed by atoms with Crippen LogP contribution in [0.25, 0.3) is 11.4 Å². The van der Waals surface area contributed by atoms with E-state index in [1.54, 1.807) is 18.7 Å². The number of anilines is 1. The van der Waals surface area contributed by atoms with Gasteiger partial charge in [0.2, 0.25) is 0 Å². The van der Waals surface area contributed by atoms with Gasteiger partial charge in [-0.1, -0.05) is 13.8 Å². The van der Waals surface area contributed by atoms with Crippen molar-refractivity contribution in [1.29, 1.82) is 0 Å². The summed E-state index contributed by atoms with van der Waals surface area (Å²) >= 11 is 0. The lowest BCUT2D eigenvalue weighted by Crippen LogP contribution is -2.20. The maximum Gasteiger partial charge on any atom is 0.161 e. The molecule has 0 fully saturated rings. The van der Waals surface area contributed by atoms with Crippen LogP contribution in [-0.2, 0) is 20.1 Å². The molecule has 4 heterocycles.